The third kappa shape index (κ3) is 2.01. The molecule has 1 aromatic rings. The maximum atomic E-state index is 15.2. The molecule has 0 spiro atoms. The summed E-state index contributed by atoms with van der Waals surface area (Å²) in [6, 6.07) is 5.85. The van der Waals surface area contributed by atoms with Crippen molar-refractivity contribution in [3.63, 3.8) is 0 Å². The number of halogens is 1. The van der Waals surface area contributed by atoms with E-state index in [4.69, 9.17) is 10.5 Å². The molecule has 1 aromatic carbocycles. The second kappa shape index (κ2) is 4.54. The van der Waals surface area contributed by atoms with E-state index in [1.165, 1.54) is 0 Å². The fraction of sp³-hybridized carbons (Fsp3) is 0.600. The van der Waals surface area contributed by atoms with Gasteiger partial charge < -0.3 is 10.5 Å². The van der Waals surface area contributed by atoms with Crippen molar-refractivity contribution < 1.29 is 9.13 Å². The van der Waals surface area contributed by atoms with Crippen LogP contribution in [0, 0.1) is 0 Å². The number of ether oxygens (including phenoxy) is 1. The average Bonchev–Trinajstić information content (AvgIpc) is 2.38. The standard InChI is InChI=1S/C15H20FNO/c16-15(8-2-6-12(17)10-15)13-7-1-4-11-5-3-9-18-14(11)13/h1,4,7,12H,2-3,5-6,8-10,17H2. The molecular formula is C15H20FNO. The molecule has 1 aliphatic heterocycles. The summed E-state index contributed by atoms with van der Waals surface area (Å²) in [4.78, 5) is 0. The Morgan fingerprint density at radius 1 is 1.33 bits per heavy atom. The second-order valence-electron chi connectivity index (χ2n) is 5.57. The molecule has 98 valence electrons. The minimum Gasteiger partial charge on any atom is -0.493 e. The zero-order chi connectivity index (χ0) is 12.6. The molecular weight excluding hydrogens is 229 g/mol. The molecule has 0 bridgehead atoms. The van der Waals surface area contributed by atoms with Crippen molar-refractivity contribution in [3.8, 4) is 5.75 Å². The Balaban J connectivity index is 2.00. The Labute approximate surface area is 107 Å². The summed E-state index contributed by atoms with van der Waals surface area (Å²) in [7, 11) is 0. The quantitative estimate of drug-likeness (QED) is 0.830. The smallest absolute Gasteiger partial charge is 0.141 e. The molecule has 0 amide bonds. The Kier molecular flexibility index (Phi) is 3.02. The molecule has 1 saturated carbocycles. The first-order chi connectivity index (χ1) is 8.69. The third-order valence-corrected chi connectivity index (χ3v) is 4.15. The molecule has 3 heteroatoms. The molecule has 2 nitrogen and oxygen atoms in total. The Morgan fingerprint density at radius 2 is 2.22 bits per heavy atom. The summed E-state index contributed by atoms with van der Waals surface area (Å²) in [6.07, 6.45) is 4.80. The summed E-state index contributed by atoms with van der Waals surface area (Å²) < 4.78 is 20.9. The van der Waals surface area contributed by atoms with Crippen molar-refractivity contribution in [1.82, 2.24) is 0 Å². The number of hydrogen-bond donors (Lipinski definition) is 1. The van der Waals surface area contributed by atoms with Crippen LogP contribution in [0.3, 0.4) is 0 Å². The topological polar surface area (TPSA) is 35.2 Å². The highest BCUT2D eigenvalue weighted by Crippen LogP contribution is 2.46. The van der Waals surface area contributed by atoms with Crippen molar-refractivity contribution in [2.45, 2.75) is 50.2 Å². The molecule has 0 aromatic heterocycles. The summed E-state index contributed by atoms with van der Waals surface area (Å²) in [5.41, 5.74) is 6.53. The van der Waals surface area contributed by atoms with Crippen LogP contribution in [0.4, 0.5) is 4.39 Å². The van der Waals surface area contributed by atoms with Gasteiger partial charge in [0, 0.05) is 18.0 Å². The molecule has 1 aliphatic carbocycles. The Bertz CT molecular complexity index is 448. The molecule has 2 aliphatic rings. The predicted molar refractivity (Wildman–Crippen MR) is 69.5 cm³/mol. The number of fused-ring (bicyclic) bond motifs is 1. The number of nitrogens with two attached hydrogens (primary N) is 1. The van der Waals surface area contributed by atoms with Crippen LogP contribution in [0.2, 0.25) is 0 Å². The van der Waals surface area contributed by atoms with Crippen molar-refractivity contribution in [1.29, 1.82) is 0 Å². The number of para-hydroxylation sites is 1. The van der Waals surface area contributed by atoms with Crippen molar-refractivity contribution >= 4 is 0 Å². The summed E-state index contributed by atoms with van der Waals surface area (Å²) >= 11 is 0. The van der Waals surface area contributed by atoms with E-state index < -0.39 is 5.67 Å². The largest absolute Gasteiger partial charge is 0.493 e. The fourth-order valence-electron chi connectivity index (χ4n) is 3.25. The van der Waals surface area contributed by atoms with Gasteiger partial charge in [-0.2, -0.15) is 0 Å². The van der Waals surface area contributed by atoms with Crippen LogP contribution in [0.5, 0.6) is 5.75 Å². The molecule has 18 heavy (non-hydrogen) atoms. The number of hydrogen-bond acceptors (Lipinski definition) is 2. The average molecular weight is 249 g/mol. The van der Waals surface area contributed by atoms with Crippen molar-refractivity contribution in [2.75, 3.05) is 6.61 Å². The van der Waals surface area contributed by atoms with Crippen LogP contribution in [0.1, 0.15) is 43.2 Å². The van der Waals surface area contributed by atoms with Crippen LogP contribution in [0.15, 0.2) is 18.2 Å². The van der Waals surface area contributed by atoms with Gasteiger partial charge in [0.1, 0.15) is 11.4 Å². The highest BCUT2D eigenvalue weighted by atomic mass is 19.1. The van der Waals surface area contributed by atoms with Gasteiger partial charge in [-0.05, 0) is 37.7 Å². The maximum absolute atomic E-state index is 15.2. The van der Waals surface area contributed by atoms with Gasteiger partial charge in [0.25, 0.3) is 0 Å². The molecule has 2 atom stereocenters. The van der Waals surface area contributed by atoms with Gasteiger partial charge in [0.15, 0.2) is 0 Å². The number of alkyl halides is 1. The lowest BCUT2D eigenvalue weighted by atomic mass is 9.78. The fourth-order valence-corrected chi connectivity index (χ4v) is 3.25. The lowest BCUT2D eigenvalue weighted by Crippen LogP contribution is -2.36. The monoisotopic (exact) mass is 249 g/mol. The summed E-state index contributed by atoms with van der Waals surface area (Å²) in [5, 5.41) is 0. The minimum absolute atomic E-state index is 0.0248. The minimum atomic E-state index is -1.29. The third-order valence-electron chi connectivity index (χ3n) is 4.15. The van der Waals surface area contributed by atoms with E-state index >= 15 is 4.39 Å². The van der Waals surface area contributed by atoms with Crippen molar-refractivity contribution in [2.24, 2.45) is 5.73 Å². The lowest BCUT2D eigenvalue weighted by molar-refractivity contribution is 0.0894. The molecule has 0 saturated heterocycles. The number of aryl methyl sites for hydroxylation is 1. The first-order valence-corrected chi connectivity index (χ1v) is 6.89. The Hall–Kier alpha value is -1.09. The van der Waals surface area contributed by atoms with E-state index in [1.54, 1.807) is 0 Å². The number of benzene rings is 1. The lowest BCUT2D eigenvalue weighted by Gasteiger charge is -2.35. The molecule has 3 rings (SSSR count). The Morgan fingerprint density at radius 3 is 3.06 bits per heavy atom. The predicted octanol–water partition coefficient (Wildman–Crippen LogP) is 3.08. The van der Waals surface area contributed by atoms with E-state index in [9.17, 15) is 0 Å². The van der Waals surface area contributed by atoms with Gasteiger partial charge >= 0.3 is 0 Å². The summed E-state index contributed by atoms with van der Waals surface area (Å²) in [6.45, 7) is 0.701. The molecule has 0 radical (unpaired) electrons. The molecule has 1 heterocycles. The first-order valence-electron chi connectivity index (χ1n) is 6.89. The SMILES string of the molecule is NC1CCCC(F)(c2cccc3c2OCCC3)C1. The highest BCUT2D eigenvalue weighted by molar-refractivity contribution is 5.46. The van der Waals surface area contributed by atoms with Gasteiger partial charge in [-0.15, -0.1) is 0 Å². The second-order valence-corrected chi connectivity index (χ2v) is 5.57. The van der Waals surface area contributed by atoms with Crippen LogP contribution >= 0.6 is 0 Å². The van der Waals surface area contributed by atoms with E-state index in [-0.39, 0.29) is 6.04 Å². The van der Waals surface area contributed by atoms with E-state index in [1.807, 2.05) is 18.2 Å². The van der Waals surface area contributed by atoms with Crippen LogP contribution in [-0.2, 0) is 12.1 Å². The van der Waals surface area contributed by atoms with E-state index in [2.05, 4.69) is 0 Å². The zero-order valence-corrected chi connectivity index (χ0v) is 10.6. The van der Waals surface area contributed by atoms with Gasteiger partial charge in [-0.3, -0.25) is 0 Å². The maximum Gasteiger partial charge on any atom is 0.141 e. The molecule has 2 N–H and O–H groups in total. The highest BCUT2D eigenvalue weighted by Gasteiger charge is 2.39. The normalized spacial score (nSPS) is 31.6. The van der Waals surface area contributed by atoms with Gasteiger partial charge in [-0.25, -0.2) is 4.39 Å². The number of rotatable bonds is 1. The van der Waals surface area contributed by atoms with E-state index in [0.29, 0.717) is 19.4 Å². The molecule has 1 fully saturated rings. The van der Waals surface area contributed by atoms with Crippen molar-refractivity contribution in [3.05, 3.63) is 29.3 Å². The zero-order valence-electron chi connectivity index (χ0n) is 10.6. The van der Waals surface area contributed by atoms with Gasteiger partial charge in [0.2, 0.25) is 0 Å². The van der Waals surface area contributed by atoms with Crippen LogP contribution in [-0.4, -0.2) is 12.6 Å². The molecule has 2 unspecified atom stereocenters. The van der Waals surface area contributed by atoms with Gasteiger partial charge in [0.05, 0.1) is 6.61 Å². The first kappa shape index (κ1) is 12.0. The summed E-state index contributed by atoms with van der Waals surface area (Å²) in [5.74, 6) is 0.792. The van der Waals surface area contributed by atoms with Crippen LogP contribution in [0.25, 0.3) is 0 Å². The van der Waals surface area contributed by atoms with E-state index in [0.717, 1.165) is 42.6 Å². The van der Waals surface area contributed by atoms with Crippen LogP contribution < -0.4 is 10.5 Å². The van der Waals surface area contributed by atoms with Gasteiger partial charge in [-0.1, -0.05) is 18.2 Å².